The molecule has 0 spiro atoms. The molecule has 0 aromatic heterocycles. The second-order valence-corrected chi connectivity index (χ2v) is 5.34. The van der Waals surface area contributed by atoms with Gasteiger partial charge in [0.05, 0.1) is 13.0 Å². The first kappa shape index (κ1) is 13.7. The molecule has 6 heteroatoms. The number of hydrogen-bond acceptors (Lipinski definition) is 3. The van der Waals surface area contributed by atoms with Crippen LogP contribution in [0.1, 0.15) is 12.0 Å². The number of likely N-dealkylation sites (tertiary alicyclic amines) is 1. The summed E-state index contributed by atoms with van der Waals surface area (Å²) in [5.41, 5.74) is 0.808. The summed E-state index contributed by atoms with van der Waals surface area (Å²) < 4.78 is 0.899. The number of hydrogen-bond donors (Lipinski definition) is 1. The number of halogens is 1. The Balaban J connectivity index is 2.17. The smallest absolute Gasteiger partial charge is 0.326 e. The molecule has 0 saturated carbocycles. The molecule has 1 atom stereocenters. The lowest BCUT2D eigenvalue weighted by atomic mass is 10.1. The maximum absolute atomic E-state index is 11.6. The molecule has 1 heterocycles. The zero-order valence-corrected chi connectivity index (χ0v) is 11.6. The van der Waals surface area contributed by atoms with E-state index in [1.807, 2.05) is 12.1 Å². The van der Waals surface area contributed by atoms with Crippen molar-refractivity contribution >= 4 is 33.6 Å². The summed E-state index contributed by atoms with van der Waals surface area (Å²) >= 11 is 3.30. The number of amides is 1. The van der Waals surface area contributed by atoms with Crippen LogP contribution in [0.5, 0.6) is 0 Å². The van der Waals surface area contributed by atoms with Gasteiger partial charge in [0.25, 0.3) is 0 Å². The molecule has 0 aliphatic carbocycles. The fourth-order valence-corrected chi connectivity index (χ4v) is 2.33. The van der Waals surface area contributed by atoms with E-state index in [9.17, 15) is 19.5 Å². The minimum atomic E-state index is -1.09. The van der Waals surface area contributed by atoms with Crippen LogP contribution in [0, 0.1) is 0 Å². The van der Waals surface area contributed by atoms with E-state index in [4.69, 9.17) is 0 Å². The average Bonchev–Trinajstić information content (AvgIpc) is 2.67. The third-order valence-corrected chi connectivity index (χ3v) is 3.55. The zero-order valence-electron chi connectivity index (χ0n) is 10.0. The Hall–Kier alpha value is -1.69. The number of rotatable bonds is 4. The lowest BCUT2D eigenvalue weighted by Crippen LogP contribution is -2.43. The molecular weight excluding hydrogens is 314 g/mol. The molecule has 1 aliphatic heterocycles. The van der Waals surface area contributed by atoms with Gasteiger partial charge in [0.15, 0.2) is 5.78 Å². The summed E-state index contributed by atoms with van der Waals surface area (Å²) in [5.74, 6) is -1.73. The molecule has 2 rings (SSSR count). The van der Waals surface area contributed by atoms with E-state index >= 15 is 0 Å². The Morgan fingerprint density at radius 2 is 1.95 bits per heavy atom. The lowest BCUT2D eigenvalue weighted by Gasteiger charge is -2.23. The summed E-state index contributed by atoms with van der Waals surface area (Å²) in [6.07, 6.45) is 0.00571. The predicted molar refractivity (Wildman–Crippen MR) is 70.6 cm³/mol. The van der Waals surface area contributed by atoms with E-state index in [0.29, 0.717) is 0 Å². The van der Waals surface area contributed by atoms with Crippen molar-refractivity contribution in [3.63, 3.8) is 0 Å². The van der Waals surface area contributed by atoms with Gasteiger partial charge in [-0.3, -0.25) is 9.59 Å². The minimum Gasteiger partial charge on any atom is -0.480 e. The SMILES string of the molecule is O=C1CC(=O)N(C(Cc2ccc(Br)cc2)C(=O)O)C1. The van der Waals surface area contributed by atoms with E-state index in [0.717, 1.165) is 14.9 Å². The van der Waals surface area contributed by atoms with Gasteiger partial charge >= 0.3 is 5.97 Å². The number of benzene rings is 1. The molecule has 1 aromatic carbocycles. The maximum atomic E-state index is 11.6. The van der Waals surface area contributed by atoms with Crippen molar-refractivity contribution in [3.8, 4) is 0 Å². The fraction of sp³-hybridized carbons (Fsp3) is 0.308. The number of nitrogens with zero attached hydrogens (tertiary/aromatic N) is 1. The third-order valence-electron chi connectivity index (χ3n) is 3.02. The largest absolute Gasteiger partial charge is 0.480 e. The standard InChI is InChI=1S/C13H12BrNO4/c14-9-3-1-8(2-4-9)5-11(13(18)19)15-7-10(16)6-12(15)17/h1-4,11H,5-7H2,(H,18,19). The lowest BCUT2D eigenvalue weighted by molar-refractivity contribution is -0.148. The van der Waals surface area contributed by atoms with Crippen molar-refractivity contribution in [2.45, 2.75) is 18.9 Å². The van der Waals surface area contributed by atoms with E-state index in [2.05, 4.69) is 15.9 Å². The van der Waals surface area contributed by atoms with E-state index in [1.54, 1.807) is 12.1 Å². The Morgan fingerprint density at radius 1 is 1.32 bits per heavy atom. The van der Waals surface area contributed by atoms with Crippen LogP contribution < -0.4 is 0 Å². The van der Waals surface area contributed by atoms with Gasteiger partial charge in [-0.15, -0.1) is 0 Å². The second-order valence-electron chi connectivity index (χ2n) is 4.42. The fourth-order valence-electron chi connectivity index (χ4n) is 2.06. The van der Waals surface area contributed by atoms with E-state index < -0.39 is 17.9 Å². The molecule has 1 aromatic rings. The van der Waals surface area contributed by atoms with Crippen molar-refractivity contribution < 1.29 is 19.5 Å². The molecule has 1 amide bonds. The van der Waals surface area contributed by atoms with Crippen LogP contribution in [0.3, 0.4) is 0 Å². The molecule has 0 bridgehead atoms. The summed E-state index contributed by atoms with van der Waals surface area (Å²) in [7, 11) is 0. The highest BCUT2D eigenvalue weighted by Crippen LogP contribution is 2.17. The number of carboxylic acid groups (broad SMARTS) is 1. The highest BCUT2D eigenvalue weighted by Gasteiger charge is 2.36. The zero-order chi connectivity index (χ0) is 14.0. The van der Waals surface area contributed by atoms with Gasteiger partial charge in [0.1, 0.15) is 6.04 Å². The highest BCUT2D eigenvalue weighted by molar-refractivity contribution is 9.10. The Morgan fingerprint density at radius 3 is 2.42 bits per heavy atom. The van der Waals surface area contributed by atoms with E-state index in [1.165, 1.54) is 0 Å². The molecule has 1 unspecified atom stereocenters. The quantitative estimate of drug-likeness (QED) is 0.845. The monoisotopic (exact) mass is 325 g/mol. The van der Waals surface area contributed by atoms with Crippen LogP contribution in [0.25, 0.3) is 0 Å². The number of aliphatic carboxylic acids is 1. The van der Waals surface area contributed by atoms with Crippen LogP contribution >= 0.6 is 15.9 Å². The normalized spacial score (nSPS) is 16.8. The summed E-state index contributed by atoms with van der Waals surface area (Å²) in [4.78, 5) is 35.3. The van der Waals surface area contributed by atoms with Crippen LogP contribution in [0.4, 0.5) is 0 Å². The molecule has 19 heavy (non-hydrogen) atoms. The third kappa shape index (κ3) is 3.20. The van der Waals surface area contributed by atoms with Gasteiger partial charge in [0.2, 0.25) is 5.91 Å². The van der Waals surface area contributed by atoms with Crippen molar-refractivity contribution in [1.29, 1.82) is 0 Å². The molecule has 5 nitrogen and oxygen atoms in total. The van der Waals surface area contributed by atoms with Crippen LogP contribution in [-0.4, -0.2) is 40.3 Å². The number of ketones is 1. The molecular formula is C13H12BrNO4. The first-order valence-electron chi connectivity index (χ1n) is 5.76. The Bertz CT molecular complexity index is 526. The number of Topliss-reactive ketones (excluding diaryl/α,β-unsaturated/α-hetero) is 1. The van der Waals surface area contributed by atoms with Crippen LogP contribution in [-0.2, 0) is 20.8 Å². The van der Waals surface area contributed by atoms with Gasteiger partial charge in [-0.05, 0) is 17.7 Å². The topological polar surface area (TPSA) is 74.7 Å². The van der Waals surface area contributed by atoms with Gasteiger partial charge in [0, 0.05) is 10.9 Å². The second kappa shape index (κ2) is 5.52. The Labute approximate surface area is 118 Å². The van der Waals surface area contributed by atoms with Crippen LogP contribution in [0.15, 0.2) is 28.7 Å². The van der Waals surface area contributed by atoms with Crippen molar-refractivity contribution in [3.05, 3.63) is 34.3 Å². The highest BCUT2D eigenvalue weighted by atomic mass is 79.9. The van der Waals surface area contributed by atoms with Crippen LogP contribution in [0.2, 0.25) is 0 Å². The molecule has 1 N–H and O–H groups in total. The number of carbonyl (C=O) groups is 3. The van der Waals surface area contributed by atoms with Gasteiger partial charge in [-0.1, -0.05) is 28.1 Å². The van der Waals surface area contributed by atoms with Gasteiger partial charge < -0.3 is 10.0 Å². The average molecular weight is 326 g/mol. The maximum Gasteiger partial charge on any atom is 0.326 e. The molecule has 1 fully saturated rings. The molecule has 1 saturated heterocycles. The predicted octanol–water partition coefficient (Wildman–Crippen LogP) is 1.25. The van der Waals surface area contributed by atoms with Crippen molar-refractivity contribution in [2.75, 3.05) is 6.54 Å². The van der Waals surface area contributed by atoms with Crippen molar-refractivity contribution in [2.24, 2.45) is 0 Å². The summed E-state index contributed by atoms with van der Waals surface area (Å²) in [6.45, 7) is -0.105. The molecule has 0 radical (unpaired) electrons. The summed E-state index contributed by atoms with van der Waals surface area (Å²) in [5, 5.41) is 9.24. The summed E-state index contributed by atoms with van der Waals surface area (Å²) in [6, 6.07) is 6.22. The van der Waals surface area contributed by atoms with Gasteiger partial charge in [-0.25, -0.2) is 4.79 Å². The van der Waals surface area contributed by atoms with Crippen molar-refractivity contribution in [1.82, 2.24) is 4.90 Å². The number of carbonyl (C=O) groups excluding carboxylic acids is 2. The first-order valence-corrected chi connectivity index (χ1v) is 6.55. The minimum absolute atomic E-state index is 0.105. The molecule has 100 valence electrons. The Kier molecular flexibility index (Phi) is 3.99. The van der Waals surface area contributed by atoms with Gasteiger partial charge in [-0.2, -0.15) is 0 Å². The number of carboxylic acids is 1. The van der Waals surface area contributed by atoms with E-state index in [-0.39, 0.29) is 25.2 Å². The first-order chi connectivity index (χ1) is 8.97. The molecule has 1 aliphatic rings.